The Balaban J connectivity index is 2.13. The van der Waals surface area contributed by atoms with E-state index in [1.807, 2.05) is 0 Å². The Hall–Kier alpha value is -1.78. The van der Waals surface area contributed by atoms with Crippen LogP contribution in [0.15, 0.2) is 18.2 Å². The van der Waals surface area contributed by atoms with Crippen molar-refractivity contribution in [2.75, 3.05) is 12.3 Å². The molecule has 0 radical (unpaired) electrons. The van der Waals surface area contributed by atoms with Gasteiger partial charge >= 0.3 is 0 Å². The Labute approximate surface area is 86.2 Å². The summed E-state index contributed by atoms with van der Waals surface area (Å²) < 4.78 is 18.5. The Morgan fingerprint density at radius 2 is 2.33 bits per heavy atom. The summed E-state index contributed by atoms with van der Waals surface area (Å²) in [6.07, 6.45) is -0.0361. The second-order valence-electron chi connectivity index (χ2n) is 3.38. The SMILES string of the molecule is Nc1ccc(OC2CCNC2=O)c(F)c1. The second-order valence-corrected chi connectivity index (χ2v) is 3.38. The van der Waals surface area contributed by atoms with Crippen LogP contribution in [0.4, 0.5) is 10.1 Å². The fourth-order valence-electron chi connectivity index (χ4n) is 1.45. The van der Waals surface area contributed by atoms with E-state index in [-0.39, 0.29) is 11.7 Å². The van der Waals surface area contributed by atoms with E-state index in [0.29, 0.717) is 18.7 Å². The second kappa shape index (κ2) is 3.76. The van der Waals surface area contributed by atoms with Crippen LogP contribution in [0.1, 0.15) is 6.42 Å². The molecule has 1 saturated heterocycles. The van der Waals surface area contributed by atoms with Crippen molar-refractivity contribution in [3.05, 3.63) is 24.0 Å². The highest BCUT2D eigenvalue weighted by Gasteiger charge is 2.26. The summed E-state index contributed by atoms with van der Waals surface area (Å²) in [5.74, 6) is -0.688. The molecule has 1 aromatic carbocycles. The summed E-state index contributed by atoms with van der Waals surface area (Å²) in [6, 6.07) is 4.13. The third kappa shape index (κ3) is 2.01. The van der Waals surface area contributed by atoms with Crippen molar-refractivity contribution in [1.29, 1.82) is 0 Å². The number of anilines is 1. The minimum Gasteiger partial charge on any atom is -0.477 e. The number of amides is 1. The largest absolute Gasteiger partial charge is 0.477 e. The zero-order valence-electron chi connectivity index (χ0n) is 8.00. The van der Waals surface area contributed by atoms with E-state index in [0.717, 1.165) is 0 Å². The summed E-state index contributed by atoms with van der Waals surface area (Å²) in [6.45, 7) is 0.570. The van der Waals surface area contributed by atoms with Crippen molar-refractivity contribution < 1.29 is 13.9 Å². The molecule has 2 rings (SSSR count). The number of nitrogens with two attached hydrogens (primary N) is 1. The van der Waals surface area contributed by atoms with Crippen LogP contribution >= 0.6 is 0 Å². The molecule has 1 unspecified atom stereocenters. The van der Waals surface area contributed by atoms with Gasteiger partial charge in [0.25, 0.3) is 5.91 Å². The van der Waals surface area contributed by atoms with Gasteiger partial charge in [-0.05, 0) is 12.1 Å². The third-order valence-electron chi connectivity index (χ3n) is 2.22. The highest BCUT2D eigenvalue weighted by Crippen LogP contribution is 2.22. The number of ether oxygens (including phenoxy) is 1. The number of halogens is 1. The van der Waals surface area contributed by atoms with Crippen LogP contribution in [0, 0.1) is 5.82 Å². The van der Waals surface area contributed by atoms with E-state index in [4.69, 9.17) is 10.5 Å². The normalized spacial score (nSPS) is 20.1. The molecule has 0 aliphatic carbocycles. The molecule has 0 saturated carbocycles. The summed E-state index contributed by atoms with van der Waals surface area (Å²) in [5.41, 5.74) is 5.72. The van der Waals surface area contributed by atoms with E-state index in [9.17, 15) is 9.18 Å². The Morgan fingerprint density at radius 3 is 2.93 bits per heavy atom. The molecule has 0 aromatic heterocycles. The number of hydrogen-bond donors (Lipinski definition) is 2. The molecule has 15 heavy (non-hydrogen) atoms. The standard InChI is InChI=1S/C10H11FN2O2/c11-7-5-6(12)1-2-8(7)15-9-3-4-13-10(9)14/h1-2,5,9H,3-4,12H2,(H,13,14). The molecule has 1 amide bonds. The third-order valence-corrected chi connectivity index (χ3v) is 2.22. The molecule has 1 aliphatic heterocycles. The molecule has 3 N–H and O–H groups in total. The monoisotopic (exact) mass is 210 g/mol. The highest BCUT2D eigenvalue weighted by molar-refractivity contribution is 5.83. The zero-order chi connectivity index (χ0) is 10.8. The first kappa shape index (κ1) is 9.76. The first-order chi connectivity index (χ1) is 7.16. The fraction of sp³-hybridized carbons (Fsp3) is 0.300. The maximum absolute atomic E-state index is 13.3. The van der Waals surface area contributed by atoms with Crippen molar-refractivity contribution in [1.82, 2.24) is 5.32 Å². The van der Waals surface area contributed by atoms with Crippen LogP contribution in [0.5, 0.6) is 5.75 Å². The van der Waals surface area contributed by atoms with E-state index in [2.05, 4.69) is 5.32 Å². The summed E-state index contributed by atoms with van der Waals surface area (Å²) in [4.78, 5) is 11.2. The molecule has 80 valence electrons. The number of carbonyl (C=O) groups excluding carboxylic acids is 1. The number of benzene rings is 1. The van der Waals surface area contributed by atoms with Crippen molar-refractivity contribution >= 4 is 11.6 Å². The van der Waals surface area contributed by atoms with Gasteiger partial charge in [-0.1, -0.05) is 0 Å². The molecular weight excluding hydrogens is 199 g/mol. The number of nitrogens with one attached hydrogen (secondary N) is 1. The van der Waals surface area contributed by atoms with Crippen LogP contribution in [0.2, 0.25) is 0 Å². The average molecular weight is 210 g/mol. The molecule has 1 fully saturated rings. The summed E-state index contributed by atoms with van der Waals surface area (Å²) in [7, 11) is 0. The first-order valence-electron chi connectivity index (χ1n) is 4.66. The quantitative estimate of drug-likeness (QED) is 0.705. The first-order valence-corrected chi connectivity index (χ1v) is 4.66. The average Bonchev–Trinajstić information content (AvgIpc) is 2.57. The lowest BCUT2D eigenvalue weighted by molar-refractivity contribution is -0.124. The lowest BCUT2D eigenvalue weighted by Gasteiger charge is -2.11. The van der Waals surface area contributed by atoms with Gasteiger partial charge in [0.1, 0.15) is 0 Å². The molecule has 1 aliphatic rings. The Bertz CT molecular complexity index is 395. The van der Waals surface area contributed by atoms with Gasteiger partial charge in [0, 0.05) is 24.7 Å². The van der Waals surface area contributed by atoms with Crippen LogP contribution in [0.25, 0.3) is 0 Å². The molecule has 1 heterocycles. The van der Waals surface area contributed by atoms with Gasteiger partial charge in [0.15, 0.2) is 17.7 Å². The zero-order valence-corrected chi connectivity index (χ0v) is 8.00. The molecule has 4 nitrogen and oxygen atoms in total. The topological polar surface area (TPSA) is 64.3 Å². The lowest BCUT2D eigenvalue weighted by Crippen LogP contribution is -2.27. The fourth-order valence-corrected chi connectivity index (χ4v) is 1.45. The van der Waals surface area contributed by atoms with Gasteiger partial charge in [-0.3, -0.25) is 4.79 Å². The van der Waals surface area contributed by atoms with Crippen molar-refractivity contribution in [2.45, 2.75) is 12.5 Å². The van der Waals surface area contributed by atoms with Gasteiger partial charge in [-0.15, -0.1) is 0 Å². The van der Waals surface area contributed by atoms with Gasteiger partial charge in [0.05, 0.1) is 0 Å². The Kier molecular flexibility index (Phi) is 2.45. The number of carbonyl (C=O) groups is 1. The van der Waals surface area contributed by atoms with Crippen molar-refractivity contribution in [3.63, 3.8) is 0 Å². The van der Waals surface area contributed by atoms with Gasteiger partial charge in [-0.25, -0.2) is 4.39 Å². The molecular formula is C10H11FN2O2. The van der Waals surface area contributed by atoms with E-state index < -0.39 is 11.9 Å². The summed E-state index contributed by atoms with van der Waals surface area (Å²) in [5, 5.41) is 2.61. The molecule has 0 spiro atoms. The van der Waals surface area contributed by atoms with Crippen molar-refractivity contribution in [3.8, 4) is 5.75 Å². The molecule has 5 heteroatoms. The number of rotatable bonds is 2. The van der Waals surface area contributed by atoms with Crippen molar-refractivity contribution in [2.24, 2.45) is 0 Å². The van der Waals surface area contributed by atoms with Crippen LogP contribution < -0.4 is 15.8 Å². The number of hydrogen-bond acceptors (Lipinski definition) is 3. The lowest BCUT2D eigenvalue weighted by atomic mass is 10.2. The molecule has 0 bridgehead atoms. The smallest absolute Gasteiger partial charge is 0.261 e. The van der Waals surface area contributed by atoms with Gasteiger partial charge < -0.3 is 15.8 Å². The minimum atomic E-state index is -0.594. The predicted octanol–water partition coefficient (Wildman–Crippen LogP) is 0.675. The maximum Gasteiger partial charge on any atom is 0.261 e. The predicted molar refractivity (Wildman–Crippen MR) is 52.9 cm³/mol. The van der Waals surface area contributed by atoms with Crippen LogP contribution in [0.3, 0.4) is 0 Å². The van der Waals surface area contributed by atoms with E-state index >= 15 is 0 Å². The van der Waals surface area contributed by atoms with E-state index in [1.54, 1.807) is 0 Å². The van der Waals surface area contributed by atoms with Crippen LogP contribution in [-0.2, 0) is 4.79 Å². The van der Waals surface area contributed by atoms with Crippen LogP contribution in [-0.4, -0.2) is 18.6 Å². The molecule has 1 atom stereocenters. The highest BCUT2D eigenvalue weighted by atomic mass is 19.1. The van der Waals surface area contributed by atoms with Gasteiger partial charge in [-0.2, -0.15) is 0 Å². The summed E-state index contributed by atoms with van der Waals surface area (Å²) >= 11 is 0. The van der Waals surface area contributed by atoms with E-state index in [1.165, 1.54) is 18.2 Å². The minimum absolute atomic E-state index is 0.0613. The molecule has 1 aromatic rings. The van der Waals surface area contributed by atoms with Gasteiger partial charge in [0.2, 0.25) is 0 Å². The number of nitrogen functional groups attached to an aromatic ring is 1. The maximum atomic E-state index is 13.3. The Morgan fingerprint density at radius 1 is 1.53 bits per heavy atom.